The first-order valence-electron chi connectivity index (χ1n) is 7.94. The van der Waals surface area contributed by atoms with E-state index in [1.54, 1.807) is 0 Å². The van der Waals surface area contributed by atoms with E-state index in [2.05, 4.69) is 48.5 Å². The van der Waals surface area contributed by atoms with Crippen LogP contribution in [-0.4, -0.2) is 48.6 Å². The van der Waals surface area contributed by atoms with Gasteiger partial charge in [0.2, 0.25) is 0 Å². The molecule has 1 fully saturated rings. The maximum atomic E-state index is 12.1. The van der Waals surface area contributed by atoms with Gasteiger partial charge in [-0.25, -0.2) is 4.79 Å². The first-order valence-corrected chi connectivity index (χ1v) is 7.94. The third-order valence-electron chi connectivity index (χ3n) is 4.13. The van der Waals surface area contributed by atoms with Gasteiger partial charge in [-0.3, -0.25) is 0 Å². The molecule has 1 heterocycles. The number of urea groups is 1. The number of likely N-dealkylation sites (N-methyl/N-ethyl adjacent to an activating group) is 1. The number of rotatable bonds is 5. The van der Waals surface area contributed by atoms with E-state index < -0.39 is 0 Å². The molecule has 0 aliphatic carbocycles. The van der Waals surface area contributed by atoms with Crippen LogP contribution >= 0.6 is 0 Å². The second kappa shape index (κ2) is 8.03. The Bertz CT molecular complexity index is 435. The molecule has 1 atom stereocenters. The number of carbonyl (C=O) groups excluding carboxylic acids is 1. The third kappa shape index (κ3) is 5.05. The predicted octanol–water partition coefficient (Wildman–Crippen LogP) is 2.70. The highest BCUT2D eigenvalue weighted by Gasteiger charge is 2.22. The van der Waals surface area contributed by atoms with Crippen molar-refractivity contribution in [1.82, 2.24) is 15.1 Å². The van der Waals surface area contributed by atoms with Gasteiger partial charge in [-0.15, -0.1) is 0 Å². The van der Waals surface area contributed by atoms with Crippen molar-refractivity contribution in [1.29, 1.82) is 0 Å². The number of amides is 2. The largest absolute Gasteiger partial charge is 0.337 e. The van der Waals surface area contributed by atoms with Gasteiger partial charge >= 0.3 is 6.03 Å². The molecule has 0 aromatic heterocycles. The van der Waals surface area contributed by atoms with Crippen LogP contribution < -0.4 is 5.32 Å². The topological polar surface area (TPSA) is 35.6 Å². The molecule has 116 valence electrons. The Morgan fingerprint density at radius 2 is 2.10 bits per heavy atom. The molecule has 1 N–H and O–H groups in total. The smallest absolute Gasteiger partial charge is 0.317 e. The average molecular weight is 289 g/mol. The fraction of sp³-hybridized carbons (Fsp3) is 0.588. The first kappa shape index (κ1) is 15.8. The minimum Gasteiger partial charge on any atom is -0.337 e. The predicted molar refractivity (Wildman–Crippen MR) is 86.2 cm³/mol. The second-order valence-corrected chi connectivity index (χ2v) is 5.99. The van der Waals surface area contributed by atoms with E-state index in [1.807, 2.05) is 11.0 Å². The fourth-order valence-electron chi connectivity index (χ4n) is 2.83. The monoisotopic (exact) mass is 289 g/mol. The van der Waals surface area contributed by atoms with Gasteiger partial charge < -0.3 is 15.1 Å². The molecule has 1 saturated heterocycles. The summed E-state index contributed by atoms with van der Waals surface area (Å²) in [5.74, 6) is 0. The van der Waals surface area contributed by atoms with Crippen LogP contribution in [0, 0.1) is 0 Å². The van der Waals surface area contributed by atoms with Crippen molar-refractivity contribution in [2.24, 2.45) is 0 Å². The third-order valence-corrected chi connectivity index (χ3v) is 4.13. The molecular weight excluding hydrogens is 262 g/mol. The maximum absolute atomic E-state index is 12.1. The van der Waals surface area contributed by atoms with Gasteiger partial charge in [0.15, 0.2) is 0 Å². The highest BCUT2D eigenvalue weighted by molar-refractivity contribution is 5.74. The summed E-state index contributed by atoms with van der Waals surface area (Å²) < 4.78 is 0. The number of likely N-dealkylation sites (tertiary alicyclic amines) is 1. The van der Waals surface area contributed by atoms with Crippen LogP contribution in [-0.2, 0) is 6.54 Å². The Morgan fingerprint density at radius 3 is 2.81 bits per heavy atom. The highest BCUT2D eigenvalue weighted by atomic mass is 16.2. The SMILES string of the molecule is CC1CCCCN1C(=O)NCCN(C)Cc1ccccc1. The molecule has 4 heteroatoms. The summed E-state index contributed by atoms with van der Waals surface area (Å²) in [4.78, 5) is 16.3. The van der Waals surface area contributed by atoms with E-state index in [4.69, 9.17) is 0 Å². The van der Waals surface area contributed by atoms with Crippen molar-refractivity contribution < 1.29 is 4.79 Å². The molecule has 4 nitrogen and oxygen atoms in total. The van der Waals surface area contributed by atoms with Gasteiger partial charge in [-0.05, 0) is 38.8 Å². The highest BCUT2D eigenvalue weighted by Crippen LogP contribution is 2.15. The van der Waals surface area contributed by atoms with Gasteiger partial charge in [0.25, 0.3) is 0 Å². The lowest BCUT2D eigenvalue weighted by molar-refractivity contribution is 0.157. The minimum atomic E-state index is 0.0929. The molecule has 1 aliphatic rings. The van der Waals surface area contributed by atoms with Gasteiger partial charge in [0.1, 0.15) is 0 Å². The number of nitrogens with zero attached hydrogens (tertiary/aromatic N) is 2. The van der Waals surface area contributed by atoms with Crippen molar-refractivity contribution in [3.8, 4) is 0 Å². The molecule has 0 radical (unpaired) electrons. The molecule has 0 saturated carbocycles. The minimum absolute atomic E-state index is 0.0929. The van der Waals surface area contributed by atoms with E-state index in [1.165, 1.54) is 12.0 Å². The van der Waals surface area contributed by atoms with Crippen LogP contribution in [0.5, 0.6) is 0 Å². The van der Waals surface area contributed by atoms with Gasteiger partial charge in [0.05, 0.1) is 0 Å². The first-order chi connectivity index (χ1) is 10.2. The van der Waals surface area contributed by atoms with Crippen LogP contribution in [0.1, 0.15) is 31.7 Å². The summed E-state index contributed by atoms with van der Waals surface area (Å²) in [5.41, 5.74) is 1.30. The summed E-state index contributed by atoms with van der Waals surface area (Å²) in [7, 11) is 2.09. The van der Waals surface area contributed by atoms with E-state index >= 15 is 0 Å². The van der Waals surface area contributed by atoms with Gasteiger partial charge in [-0.2, -0.15) is 0 Å². The van der Waals surface area contributed by atoms with Crippen LogP contribution in [0.15, 0.2) is 30.3 Å². The normalized spacial score (nSPS) is 18.8. The molecule has 1 aromatic rings. The Labute approximate surface area is 128 Å². The zero-order valence-electron chi connectivity index (χ0n) is 13.2. The molecule has 2 amide bonds. The lowest BCUT2D eigenvalue weighted by atomic mass is 10.0. The Balaban J connectivity index is 1.67. The Hall–Kier alpha value is -1.55. The number of hydrogen-bond acceptors (Lipinski definition) is 2. The summed E-state index contributed by atoms with van der Waals surface area (Å²) in [6.45, 7) is 5.51. The molecule has 0 bridgehead atoms. The number of piperidine rings is 1. The summed E-state index contributed by atoms with van der Waals surface area (Å²) in [6.07, 6.45) is 3.50. The summed E-state index contributed by atoms with van der Waals surface area (Å²) in [6, 6.07) is 10.9. The zero-order chi connectivity index (χ0) is 15.1. The number of hydrogen-bond donors (Lipinski definition) is 1. The second-order valence-electron chi connectivity index (χ2n) is 5.99. The lowest BCUT2D eigenvalue weighted by Crippen LogP contribution is -2.48. The molecule has 1 aliphatic heterocycles. The van der Waals surface area contributed by atoms with Crippen LogP contribution in [0.25, 0.3) is 0 Å². The summed E-state index contributed by atoms with van der Waals surface area (Å²) >= 11 is 0. The van der Waals surface area contributed by atoms with Crippen molar-refractivity contribution >= 4 is 6.03 Å². The number of benzene rings is 1. The van der Waals surface area contributed by atoms with E-state index in [0.29, 0.717) is 12.6 Å². The quantitative estimate of drug-likeness (QED) is 0.904. The Kier molecular flexibility index (Phi) is 6.05. The molecule has 1 unspecified atom stereocenters. The number of nitrogens with one attached hydrogen (secondary N) is 1. The van der Waals surface area contributed by atoms with Crippen molar-refractivity contribution in [2.75, 3.05) is 26.7 Å². The van der Waals surface area contributed by atoms with Crippen LogP contribution in [0.3, 0.4) is 0 Å². The Morgan fingerprint density at radius 1 is 1.33 bits per heavy atom. The van der Waals surface area contributed by atoms with Gasteiger partial charge in [-0.1, -0.05) is 30.3 Å². The molecule has 0 spiro atoms. The van der Waals surface area contributed by atoms with E-state index in [0.717, 1.165) is 32.5 Å². The maximum Gasteiger partial charge on any atom is 0.317 e. The fourth-order valence-corrected chi connectivity index (χ4v) is 2.83. The van der Waals surface area contributed by atoms with Crippen molar-refractivity contribution in [2.45, 2.75) is 38.8 Å². The summed E-state index contributed by atoms with van der Waals surface area (Å²) in [5, 5.41) is 3.04. The van der Waals surface area contributed by atoms with Crippen molar-refractivity contribution in [3.05, 3.63) is 35.9 Å². The van der Waals surface area contributed by atoms with E-state index in [9.17, 15) is 4.79 Å². The lowest BCUT2D eigenvalue weighted by Gasteiger charge is -2.33. The molecule has 21 heavy (non-hydrogen) atoms. The molecule has 2 rings (SSSR count). The zero-order valence-corrected chi connectivity index (χ0v) is 13.2. The molecular formula is C17H27N3O. The van der Waals surface area contributed by atoms with Gasteiger partial charge in [0, 0.05) is 32.2 Å². The van der Waals surface area contributed by atoms with Crippen molar-refractivity contribution in [3.63, 3.8) is 0 Å². The van der Waals surface area contributed by atoms with E-state index in [-0.39, 0.29) is 6.03 Å². The van der Waals surface area contributed by atoms with Crippen LogP contribution in [0.4, 0.5) is 4.79 Å². The standard InChI is InChI=1S/C17H27N3O/c1-15-8-6-7-12-20(15)17(21)18-11-13-19(2)14-16-9-4-3-5-10-16/h3-5,9-10,15H,6-8,11-14H2,1-2H3,(H,18,21). The number of carbonyl (C=O) groups is 1. The van der Waals surface area contributed by atoms with Crippen LogP contribution in [0.2, 0.25) is 0 Å². The average Bonchev–Trinajstić information content (AvgIpc) is 2.48. The molecule has 1 aromatic carbocycles.